The Morgan fingerprint density at radius 1 is 1.14 bits per heavy atom. The molecule has 5 nitrogen and oxygen atoms in total. The first-order valence-electron chi connectivity index (χ1n) is 9.84. The summed E-state index contributed by atoms with van der Waals surface area (Å²) >= 11 is 3.42. The Hall–Kier alpha value is -2.41. The number of hydrogen-bond donors (Lipinski definition) is 1. The van der Waals surface area contributed by atoms with Crippen molar-refractivity contribution in [3.63, 3.8) is 0 Å². The van der Waals surface area contributed by atoms with E-state index >= 15 is 0 Å². The van der Waals surface area contributed by atoms with Crippen LogP contribution in [0.4, 0.5) is 15.8 Å². The van der Waals surface area contributed by atoms with Crippen molar-refractivity contribution >= 4 is 39.1 Å². The van der Waals surface area contributed by atoms with Gasteiger partial charge in [-0.05, 0) is 54.8 Å². The first-order chi connectivity index (χ1) is 14.0. The van der Waals surface area contributed by atoms with Gasteiger partial charge in [-0.1, -0.05) is 22.0 Å². The molecule has 2 aliphatic heterocycles. The summed E-state index contributed by atoms with van der Waals surface area (Å²) in [5.74, 6) is -0.291. The van der Waals surface area contributed by atoms with Gasteiger partial charge < -0.3 is 15.1 Å². The minimum absolute atomic E-state index is 0.0217. The van der Waals surface area contributed by atoms with Crippen molar-refractivity contribution < 1.29 is 14.0 Å². The lowest BCUT2D eigenvalue weighted by Crippen LogP contribution is -2.36. The predicted octanol–water partition coefficient (Wildman–Crippen LogP) is 3.58. The van der Waals surface area contributed by atoms with Crippen LogP contribution in [0.15, 0.2) is 53.0 Å². The van der Waals surface area contributed by atoms with Crippen molar-refractivity contribution in [1.29, 1.82) is 0 Å². The van der Waals surface area contributed by atoms with Crippen LogP contribution in [-0.2, 0) is 9.59 Å². The lowest BCUT2D eigenvalue weighted by Gasteiger charge is -2.19. The highest BCUT2D eigenvalue weighted by Crippen LogP contribution is 2.28. The fraction of sp³-hybridized carbons (Fsp3) is 0.364. The van der Waals surface area contributed by atoms with Gasteiger partial charge in [0.15, 0.2) is 0 Å². The molecule has 2 aliphatic rings. The van der Waals surface area contributed by atoms with E-state index in [-0.39, 0.29) is 30.0 Å². The molecule has 7 heteroatoms. The fourth-order valence-corrected chi connectivity index (χ4v) is 4.44. The van der Waals surface area contributed by atoms with Crippen LogP contribution in [0.2, 0.25) is 0 Å². The summed E-state index contributed by atoms with van der Waals surface area (Å²) < 4.78 is 14.0. The zero-order valence-corrected chi connectivity index (χ0v) is 17.6. The zero-order chi connectivity index (χ0) is 20.4. The van der Waals surface area contributed by atoms with E-state index in [1.54, 1.807) is 17.0 Å². The molecule has 2 aromatic carbocycles. The summed E-state index contributed by atoms with van der Waals surface area (Å²) in [6, 6.07) is 14.1. The molecular weight excluding hydrogens is 437 g/mol. The van der Waals surface area contributed by atoms with Gasteiger partial charge in [0.1, 0.15) is 5.82 Å². The second kappa shape index (κ2) is 8.53. The smallest absolute Gasteiger partial charge is 0.227 e. The largest absolute Gasteiger partial charge is 0.371 e. The number of benzene rings is 2. The minimum Gasteiger partial charge on any atom is -0.371 e. The van der Waals surface area contributed by atoms with Crippen molar-refractivity contribution in [2.24, 2.45) is 11.8 Å². The SMILES string of the molecule is O=C(NCC1CCN(c2ccc(F)cc2)C1)C1CC(=O)N(c2cccc(Br)c2)C1. The number of halogens is 2. The molecule has 2 amide bonds. The lowest BCUT2D eigenvalue weighted by molar-refractivity contribution is -0.126. The predicted molar refractivity (Wildman–Crippen MR) is 114 cm³/mol. The molecule has 1 N–H and O–H groups in total. The Kier molecular flexibility index (Phi) is 5.85. The van der Waals surface area contributed by atoms with Crippen molar-refractivity contribution in [2.45, 2.75) is 12.8 Å². The Balaban J connectivity index is 1.28. The molecule has 0 saturated carbocycles. The molecule has 2 atom stereocenters. The summed E-state index contributed by atoms with van der Waals surface area (Å²) in [6.45, 7) is 2.73. The van der Waals surface area contributed by atoms with Crippen molar-refractivity contribution in [3.8, 4) is 0 Å². The van der Waals surface area contributed by atoms with Crippen LogP contribution in [-0.4, -0.2) is 38.0 Å². The van der Waals surface area contributed by atoms with E-state index in [4.69, 9.17) is 0 Å². The number of amides is 2. The van der Waals surface area contributed by atoms with Crippen LogP contribution in [0, 0.1) is 17.7 Å². The molecule has 0 bridgehead atoms. The quantitative estimate of drug-likeness (QED) is 0.743. The lowest BCUT2D eigenvalue weighted by atomic mass is 10.1. The van der Waals surface area contributed by atoms with E-state index < -0.39 is 0 Å². The van der Waals surface area contributed by atoms with E-state index in [1.807, 2.05) is 24.3 Å². The number of carbonyl (C=O) groups excluding carboxylic acids is 2. The second-order valence-electron chi connectivity index (χ2n) is 7.71. The summed E-state index contributed by atoms with van der Waals surface area (Å²) in [4.78, 5) is 28.9. The van der Waals surface area contributed by atoms with E-state index in [2.05, 4.69) is 26.1 Å². The Morgan fingerprint density at radius 3 is 2.69 bits per heavy atom. The number of anilines is 2. The molecule has 0 aliphatic carbocycles. The molecule has 4 rings (SSSR count). The maximum atomic E-state index is 13.1. The van der Waals surface area contributed by atoms with Crippen LogP contribution in [0.25, 0.3) is 0 Å². The monoisotopic (exact) mass is 459 g/mol. The number of hydrogen-bond acceptors (Lipinski definition) is 3. The average Bonchev–Trinajstić information content (AvgIpc) is 3.33. The molecular formula is C22H23BrFN3O2. The van der Waals surface area contributed by atoms with E-state index in [0.29, 0.717) is 19.0 Å². The third kappa shape index (κ3) is 4.61. The van der Waals surface area contributed by atoms with Gasteiger partial charge in [-0.2, -0.15) is 0 Å². The minimum atomic E-state index is -0.323. The summed E-state index contributed by atoms with van der Waals surface area (Å²) in [7, 11) is 0. The molecule has 2 fully saturated rings. The summed E-state index contributed by atoms with van der Waals surface area (Å²) in [5.41, 5.74) is 1.82. The van der Waals surface area contributed by atoms with Crippen LogP contribution >= 0.6 is 15.9 Å². The van der Waals surface area contributed by atoms with Crippen LogP contribution in [0.5, 0.6) is 0 Å². The highest BCUT2D eigenvalue weighted by molar-refractivity contribution is 9.10. The van der Waals surface area contributed by atoms with Crippen molar-refractivity contribution in [1.82, 2.24) is 5.32 Å². The third-order valence-electron chi connectivity index (χ3n) is 5.66. The van der Waals surface area contributed by atoms with E-state index in [0.717, 1.165) is 35.4 Å². The second-order valence-corrected chi connectivity index (χ2v) is 8.62. The topological polar surface area (TPSA) is 52.7 Å². The maximum Gasteiger partial charge on any atom is 0.227 e. The molecule has 29 heavy (non-hydrogen) atoms. The highest BCUT2D eigenvalue weighted by Gasteiger charge is 2.35. The molecule has 0 radical (unpaired) electrons. The normalized spacial score (nSPS) is 21.7. The molecule has 0 spiro atoms. The Labute approximate surface area is 178 Å². The first-order valence-corrected chi connectivity index (χ1v) is 10.6. The number of rotatable bonds is 5. The van der Waals surface area contributed by atoms with Crippen LogP contribution < -0.4 is 15.1 Å². The number of nitrogens with one attached hydrogen (secondary N) is 1. The van der Waals surface area contributed by atoms with Crippen molar-refractivity contribution in [3.05, 3.63) is 58.8 Å². The molecule has 2 unspecified atom stereocenters. The molecule has 2 heterocycles. The maximum absolute atomic E-state index is 13.1. The molecule has 2 aromatic rings. The number of nitrogens with zero attached hydrogens (tertiary/aromatic N) is 2. The van der Waals surface area contributed by atoms with Gasteiger partial charge >= 0.3 is 0 Å². The van der Waals surface area contributed by atoms with Gasteiger partial charge in [0, 0.05) is 48.4 Å². The first kappa shape index (κ1) is 19.9. The van der Waals surface area contributed by atoms with E-state index in [1.165, 1.54) is 12.1 Å². The van der Waals surface area contributed by atoms with Crippen molar-refractivity contribution in [2.75, 3.05) is 36.0 Å². The third-order valence-corrected chi connectivity index (χ3v) is 6.15. The average molecular weight is 460 g/mol. The Bertz CT molecular complexity index is 905. The molecule has 2 saturated heterocycles. The summed E-state index contributed by atoms with van der Waals surface area (Å²) in [6.07, 6.45) is 1.22. The summed E-state index contributed by atoms with van der Waals surface area (Å²) in [5, 5.41) is 3.04. The zero-order valence-electron chi connectivity index (χ0n) is 16.0. The molecule has 0 aromatic heterocycles. The van der Waals surface area contributed by atoms with Gasteiger partial charge in [-0.15, -0.1) is 0 Å². The van der Waals surface area contributed by atoms with Crippen LogP contribution in [0.1, 0.15) is 12.8 Å². The number of carbonyl (C=O) groups is 2. The highest BCUT2D eigenvalue weighted by atomic mass is 79.9. The van der Waals surface area contributed by atoms with E-state index in [9.17, 15) is 14.0 Å². The van der Waals surface area contributed by atoms with Gasteiger partial charge in [0.25, 0.3) is 0 Å². The molecule has 152 valence electrons. The van der Waals surface area contributed by atoms with Gasteiger partial charge in [-0.3, -0.25) is 9.59 Å². The van der Waals surface area contributed by atoms with Gasteiger partial charge in [0.05, 0.1) is 5.92 Å². The van der Waals surface area contributed by atoms with Gasteiger partial charge in [0.2, 0.25) is 11.8 Å². The fourth-order valence-electron chi connectivity index (χ4n) is 4.05. The standard InChI is InChI=1S/C22H23BrFN3O2/c23-17-2-1-3-20(11-17)27-14-16(10-21(27)28)22(29)25-12-15-8-9-26(13-15)19-6-4-18(24)5-7-19/h1-7,11,15-16H,8-10,12-14H2,(H,25,29). The van der Waals surface area contributed by atoms with Gasteiger partial charge in [-0.25, -0.2) is 4.39 Å². The Morgan fingerprint density at radius 2 is 1.93 bits per heavy atom. The van der Waals surface area contributed by atoms with Crippen LogP contribution in [0.3, 0.4) is 0 Å².